The minimum absolute atomic E-state index is 0.418. The van der Waals surface area contributed by atoms with Gasteiger partial charge in [-0.05, 0) is 62.0 Å². The van der Waals surface area contributed by atoms with Crippen molar-refractivity contribution in [1.29, 1.82) is 0 Å². The molecule has 4 nitrogen and oxygen atoms in total. The molecule has 0 aromatic heterocycles. The van der Waals surface area contributed by atoms with E-state index in [1.165, 1.54) is 19.3 Å². The predicted octanol–water partition coefficient (Wildman–Crippen LogP) is 3.48. The summed E-state index contributed by atoms with van der Waals surface area (Å²) in [5, 5.41) is 0.741. The second kappa shape index (κ2) is 8.52. The maximum absolute atomic E-state index is 5.89. The molecular weight excluding hydrogens is 326 g/mol. The molecule has 2 aliphatic rings. The normalized spacial score (nSPS) is 24.2. The number of methoxy groups -OCH3 is 1. The summed E-state index contributed by atoms with van der Waals surface area (Å²) in [5.41, 5.74) is 0.418. The molecule has 2 heterocycles. The second-order valence-electron chi connectivity index (χ2n) is 6.98. The Labute approximate surface area is 150 Å². The summed E-state index contributed by atoms with van der Waals surface area (Å²) >= 11 is 5.89. The van der Waals surface area contributed by atoms with E-state index in [1.54, 1.807) is 7.11 Å². The quantitative estimate of drug-likeness (QED) is 0.783. The van der Waals surface area contributed by atoms with Crippen molar-refractivity contribution in [3.63, 3.8) is 0 Å². The first-order valence-corrected chi connectivity index (χ1v) is 9.27. The molecule has 0 N–H and O–H groups in total. The first-order valence-electron chi connectivity index (χ1n) is 8.89. The Bertz CT molecular complexity index is 498. The summed E-state index contributed by atoms with van der Waals surface area (Å²) in [4.78, 5) is 2.51. The predicted molar refractivity (Wildman–Crippen MR) is 95.9 cm³/mol. The number of rotatable bonds is 6. The summed E-state index contributed by atoms with van der Waals surface area (Å²) in [6.45, 7) is 6.56. The van der Waals surface area contributed by atoms with Gasteiger partial charge in [0.05, 0.1) is 13.2 Å². The van der Waals surface area contributed by atoms with Gasteiger partial charge in [-0.25, -0.2) is 0 Å². The molecule has 24 heavy (non-hydrogen) atoms. The molecule has 1 atom stereocenters. The van der Waals surface area contributed by atoms with Crippen molar-refractivity contribution >= 4 is 11.6 Å². The Morgan fingerprint density at radius 2 is 1.96 bits per heavy atom. The lowest BCUT2D eigenvalue weighted by atomic mass is 9.66. The van der Waals surface area contributed by atoms with Gasteiger partial charge >= 0.3 is 0 Å². The fourth-order valence-electron chi connectivity index (χ4n) is 4.01. The molecule has 1 aromatic carbocycles. The van der Waals surface area contributed by atoms with E-state index < -0.39 is 0 Å². The highest BCUT2D eigenvalue weighted by Gasteiger charge is 2.43. The van der Waals surface area contributed by atoms with Crippen LogP contribution in [0.3, 0.4) is 0 Å². The number of benzene rings is 1. The van der Waals surface area contributed by atoms with Gasteiger partial charge in [0.2, 0.25) is 0 Å². The fraction of sp³-hybridized carbons (Fsp3) is 0.684. The Morgan fingerprint density at radius 1 is 1.21 bits per heavy atom. The SMILES string of the molecule is COCC1COCCC12CCN(CCOc1ccc(Cl)cc1)CC2. The molecule has 1 spiro atoms. The van der Waals surface area contributed by atoms with E-state index in [9.17, 15) is 0 Å². The standard InChI is InChI=1S/C19H28ClNO3/c1-22-14-16-15-23-12-8-19(16)6-9-21(10-7-19)11-13-24-18-4-2-17(20)3-5-18/h2-5,16H,6-15H2,1H3. The summed E-state index contributed by atoms with van der Waals surface area (Å²) in [6.07, 6.45) is 3.66. The molecule has 1 aromatic rings. The van der Waals surface area contributed by atoms with E-state index in [0.29, 0.717) is 11.3 Å². The second-order valence-corrected chi connectivity index (χ2v) is 7.42. The van der Waals surface area contributed by atoms with Crippen LogP contribution in [0, 0.1) is 11.3 Å². The van der Waals surface area contributed by atoms with Gasteiger partial charge in [-0.1, -0.05) is 11.6 Å². The van der Waals surface area contributed by atoms with Crippen LogP contribution in [-0.4, -0.2) is 58.1 Å². The van der Waals surface area contributed by atoms with Crippen molar-refractivity contribution in [3.05, 3.63) is 29.3 Å². The number of piperidine rings is 1. The molecule has 3 rings (SSSR count). The molecule has 0 radical (unpaired) electrons. The highest BCUT2D eigenvalue weighted by Crippen LogP contribution is 2.44. The van der Waals surface area contributed by atoms with Gasteiger partial charge in [-0.3, -0.25) is 4.90 Å². The van der Waals surface area contributed by atoms with Gasteiger partial charge < -0.3 is 14.2 Å². The third kappa shape index (κ3) is 4.42. The van der Waals surface area contributed by atoms with E-state index in [-0.39, 0.29) is 0 Å². The molecule has 0 bridgehead atoms. The van der Waals surface area contributed by atoms with Crippen molar-refractivity contribution in [1.82, 2.24) is 4.90 Å². The van der Waals surface area contributed by atoms with Crippen LogP contribution < -0.4 is 4.74 Å². The monoisotopic (exact) mass is 353 g/mol. The minimum Gasteiger partial charge on any atom is -0.492 e. The van der Waals surface area contributed by atoms with Crippen molar-refractivity contribution in [2.24, 2.45) is 11.3 Å². The Hall–Kier alpha value is -0.810. The summed E-state index contributed by atoms with van der Waals surface area (Å²) in [5.74, 6) is 1.43. The molecule has 2 saturated heterocycles. The van der Waals surface area contributed by atoms with Crippen LogP contribution >= 0.6 is 11.6 Å². The fourth-order valence-corrected chi connectivity index (χ4v) is 4.14. The van der Waals surface area contributed by atoms with Crippen molar-refractivity contribution in [2.75, 3.05) is 53.2 Å². The third-order valence-electron chi connectivity index (χ3n) is 5.64. The van der Waals surface area contributed by atoms with E-state index >= 15 is 0 Å². The van der Waals surface area contributed by atoms with Gasteiger partial charge in [0.15, 0.2) is 0 Å². The average Bonchev–Trinajstić information content (AvgIpc) is 2.61. The molecule has 0 aliphatic carbocycles. The highest BCUT2D eigenvalue weighted by molar-refractivity contribution is 6.30. The van der Waals surface area contributed by atoms with Gasteiger partial charge in [0.1, 0.15) is 12.4 Å². The van der Waals surface area contributed by atoms with Crippen LogP contribution in [0.25, 0.3) is 0 Å². The van der Waals surface area contributed by atoms with Gasteiger partial charge in [-0.2, -0.15) is 0 Å². The first kappa shape index (κ1) is 18.0. The van der Waals surface area contributed by atoms with Crippen LogP contribution in [0.4, 0.5) is 0 Å². The smallest absolute Gasteiger partial charge is 0.119 e. The topological polar surface area (TPSA) is 30.9 Å². The summed E-state index contributed by atoms with van der Waals surface area (Å²) in [6, 6.07) is 7.57. The van der Waals surface area contributed by atoms with Gasteiger partial charge in [0, 0.05) is 31.2 Å². The van der Waals surface area contributed by atoms with Gasteiger partial charge in [-0.15, -0.1) is 0 Å². The van der Waals surface area contributed by atoms with E-state index in [1.807, 2.05) is 24.3 Å². The van der Waals surface area contributed by atoms with Crippen molar-refractivity contribution < 1.29 is 14.2 Å². The average molecular weight is 354 g/mol. The number of nitrogens with zero attached hydrogens (tertiary/aromatic N) is 1. The highest BCUT2D eigenvalue weighted by atomic mass is 35.5. The maximum atomic E-state index is 5.89. The zero-order valence-corrected chi connectivity index (χ0v) is 15.3. The lowest BCUT2D eigenvalue weighted by Crippen LogP contribution is -2.49. The van der Waals surface area contributed by atoms with Crippen LogP contribution in [0.5, 0.6) is 5.75 Å². The lowest BCUT2D eigenvalue weighted by molar-refractivity contribution is -0.0948. The van der Waals surface area contributed by atoms with Crippen LogP contribution in [0.2, 0.25) is 5.02 Å². The van der Waals surface area contributed by atoms with E-state index in [0.717, 1.165) is 56.8 Å². The Balaban J connectivity index is 1.43. The molecule has 1 unspecified atom stereocenters. The number of halogens is 1. The Morgan fingerprint density at radius 3 is 2.67 bits per heavy atom. The lowest BCUT2D eigenvalue weighted by Gasteiger charge is -2.48. The van der Waals surface area contributed by atoms with Crippen LogP contribution in [0.15, 0.2) is 24.3 Å². The molecular formula is C19H28ClNO3. The minimum atomic E-state index is 0.418. The number of likely N-dealkylation sites (tertiary alicyclic amines) is 1. The van der Waals surface area contributed by atoms with Crippen molar-refractivity contribution in [2.45, 2.75) is 19.3 Å². The maximum Gasteiger partial charge on any atom is 0.119 e. The number of hydrogen-bond acceptors (Lipinski definition) is 4. The van der Waals surface area contributed by atoms with Crippen LogP contribution in [-0.2, 0) is 9.47 Å². The molecule has 2 aliphatic heterocycles. The Kier molecular flexibility index (Phi) is 6.39. The number of hydrogen-bond donors (Lipinski definition) is 0. The summed E-state index contributed by atoms with van der Waals surface area (Å²) in [7, 11) is 1.80. The third-order valence-corrected chi connectivity index (χ3v) is 5.89. The zero-order valence-electron chi connectivity index (χ0n) is 14.5. The molecule has 5 heteroatoms. The molecule has 0 amide bonds. The van der Waals surface area contributed by atoms with E-state index in [2.05, 4.69) is 4.90 Å². The molecule has 2 fully saturated rings. The largest absolute Gasteiger partial charge is 0.492 e. The first-order chi connectivity index (χ1) is 11.7. The zero-order chi connectivity index (χ0) is 16.8. The number of ether oxygens (including phenoxy) is 3. The molecule has 0 saturated carbocycles. The van der Waals surface area contributed by atoms with E-state index in [4.69, 9.17) is 25.8 Å². The summed E-state index contributed by atoms with van der Waals surface area (Å²) < 4.78 is 16.9. The van der Waals surface area contributed by atoms with Gasteiger partial charge in [0.25, 0.3) is 0 Å². The molecule has 134 valence electrons. The van der Waals surface area contributed by atoms with Crippen LogP contribution in [0.1, 0.15) is 19.3 Å². The van der Waals surface area contributed by atoms with Crippen molar-refractivity contribution in [3.8, 4) is 5.75 Å².